The molecule has 2 aromatic rings. The van der Waals surface area contributed by atoms with Gasteiger partial charge in [-0.2, -0.15) is 5.26 Å². The highest BCUT2D eigenvalue weighted by Crippen LogP contribution is 2.35. The molecule has 0 aromatic heterocycles. The standard InChI is InChI=1S/C15H10Br3NO/c16-7-12-5-13(17)15(14(18)6-12)20-9-11-3-1-10(8-19)2-4-11/h1-6H,7,9H2. The highest BCUT2D eigenvalue weighted by atomic mass is 79.9. The number of rotatable bonds is 4. The molecule has 0 N–H and O–H groups in total. The Hall–Kier alpha value is -0.830. The molecular formula is C15H10Br3NO. The SMILES string of the molecule is N#Cc1ccc(COc2c(Br)cc(CBr)cc2Br)cc1. The summed E-state index contributed by atoms with van der Waals surface area (Å²) in [7, 11) is 0. The lowest BCUT2D eigenvalue weighted by Gasteiger charge is -2.11. The van der Waals surface area contributed by atoms with Crippen molar-refractivity contribution in [1.82, 2.24) is 0 Å². The highest BCUT2D eigenvalue weighted by Gasteiger charge is 2.09. The van der Waals surface area contributed by atoms with Gasteiger partial charge in [-0.15, -0.1) is 0 Å². The summed E-state index contributed by atoms with van der Waals surface area (Å²) < 4.78 is 7.66. The third-order valence-corrected chi connectivity index (χ3v) is 4.50. The van der Waals surface area contributed by atoms with E-state index >= 15 is 0 Å². The number of nitrogens with zero attached hydrogens (tertiary/aromatic N) is 1. The first-order chi connectivity index (χ1) is 9.63. The van der Waals surface area contributed by atoms with Gasteiger partial charge in [-0.25, -0.2) is 0 Å². The second-order valence-electron chi connectivity index (χ2n) is 4.12. The molecule has 5 heteroatoms. The molecule has 0 unspecified atom stereocenters. The smallest absolute Gasteiger partial charge is 0.148 e. The van der Waals surface area contributed by atoms with Crippen molar-refractivity contribution in [2.75, 3.05) is 0 Å². The van der Waals surface area contributed by atoms with Crippen LogP contribution in [0.1, 0.15) is 16.7 Å². The molecule has 2 nitrogen and oxygen atoms in total. The molecule has 2 rings (SSSR count). The largest absolute Gasteiger partial charge is 0.487 e. The average molecular weight is 460 g/mol. The van der Waals surface area contributed by atoms with Crippen LogP contribution in [0.15, 0.2) is 45.3 Å². The van der Waals surface area contributed by atoms with Crippen molar-refractivity contribution in [2.45, 2.75) is 11.9 Å². The van der Waals surface area contributed by atoms with Gasteiger partial charge in [0.25, 0.3) is 0 Å². The van der Waals surface area contributed by atoms with Crippen molar-refractivity contribution in [3.63, 3.8) is 0 Å². The third-order valence-electron chi connectivity index (χ3n) is 2.68. The van der Waals surface area contributed by atoms with Crippen LogP contribution < -0.4 is 4.74 Å². The lowest BCUT2D eigenvalue weighted by atomic mass is 10.1. The molecule has 0 aliphatic heterocycles. The number of nitriles is 1. The first kappa shape index (κ1) is 15.6. The minimum absolute atomic E-state index is 0.455. The molecule has 0 bridgehead atoms. The summed E-state index contributed by atoms with van der Waals surface area (Å²) >= 11 is 10.5. The Morgan fingerprint density at radius 2 is 1.60 bits per heavy atom. The zero-order valence-electron chi connectivity index (χ0n) is 10.4. The van der Waals surface area contributed by atoms with E-state index in [1.807, 2.05) is 24.3 Å². The van der Waals surface area contributed by atoms with E-state index in [9.17, 15) is 0 Å². The summed E-state index contributed by atoms with van der Waals surface area (Å²) in [5.74, 6) is 0.777. The molecule has 20 heavy (non-hydrogen) atoms. The number of hydrogen-bond donors (Lipinski definition) is 0. The quantitative estimate of drug-likeness (QED) is 0.561. The lowest BCUT2D eigenvalue weighted by molar-refractivity contribution is 0.302. The van der Waals surface area contributed by atoms with Crippen LogP contribution in [0.4, 0.5) is 0 Å². The topological polar surface area (TPSA) is 33.0 Å². The van der Waals surface area contributed by atoms with E-state index in [4.69, 9.17) is 10.00 Å². The van der Waals surface area contributed by atoms with Crippen molar-refractivity contribution < 1.29 is 4.74 Å². The van der Waals surface area contributed by atoms with Crippen molar-refractivity contribution in [3.05, 3.63) is 62.0 Å². The predicted octanol–water partition coefficient (Wildman–Crippen LogP) is 5.56. The molecule has 0 heterocycles. The molecule has 0 atom stereocenters. The molecule has 0 saturated heterocycles. The van der Waals surface area contributed by atoms with Gasteiger partial charge in [-0.05, 0) is 67.3 Å². The average Bonchev–Trinajstić information content (AvgIpc) is 2.46. The van der Waals surface area contributed by atoms with Gasteiger partial charge in [-0.3, -0.25) is 0 Å². The minimum atomic E-state index is 0.455. The second-order valence-corrected chi connectivity index (χ2v) is 6.39. The first-order valence-corrected chi connectivity index (χ1v) is 8.50. The Bertz CT molecular complexity index is 624. The van der Waals surface area contributed by atoms with E-state index in [-0.39, 0.29) is 0 Å². The molecule has 0 fully saturated rings. The van der Waals surface area contributed by atoms with Crippen molar-refractivity contribution >= 4 is 47.8 Å². The van der Waals surface area contributed by atoms with Gasteiger partial charge in [0.15, 0.2) is 0 Å². The summed E-state index contributed by atoms with van der Waals surface area (Å²) in [6.07, 6.45) is 0. The summed E-state index contributed by atoms with van der Waals surface area (Å²) in [6.45, 7) is 0.455. The summed E-state index contributed by atoms with van der Waals surface area (Å²) in [5.41, 5.74) is 2.83. The number of alkyl halides is 1. The lowest BCUT2D eigenvalue weighted by Crippen LogP contribution is -1.97. The van der Waals surface area contributed by atoms with E-state index in [1.54, 1.807) is 12.1 Å². The van der Waals surface area contributed by atoms with Crippen LogP contribution in [-0.2, 0) is 11.9 Å². The van der Waals surface area contributed by atoms with Gasteiger partial charge >= 0.3 is 0 Å². The van der Waals surface area contributed by atoms with Crippen LogP contribution in [0.5, 0.6) is 5.75 Å². The summed E-state index contributed by atoms with van der Waals surface area (Å²) in [6, 6.07) is 13.5. The zero-order valence-corrected chi connectivity index (χ0v) is 15.1. The maximum absolute atomic E-state index is 8.76. The van der Waals surface area contributed by atoms with Crippen molar-refractivity contribution in [3.8, 4) is 11.8 Å². The molecule has 2 aromatic carbocycles. The van der Waals surface area contributed by atoms with E-state index in [2.05, 4.69) is 53.9 Å². The fourth-order valence-corrected chi connectivity index (χ4v) is 3.49. The zero-order chi connectivity index (χ0) is 14.5. The number of halogens is 3. The molecule has 0 saturated carbocycles. The Kier molecular flexibility index (Phi) is 5.64. The van der Waals surface area contributed by atoms with Crippen molar-refractivity contribution in [1.29, 1.82) is 5.26 Å². The molecule has 0 aliphatic carbocycles. The predicted molar refractivity (Wildman–Crippen MR) is 90.0 cm³/mol. The summed E-state index contributed by atoms with van der Waals surface area (Å²) in [4.78, 5) is 0. The Labute approximate surface area is 143 Å². The second kappa shape index (κ2) is 7.26. The summed E-state index contributed by atoms with van der Waals surface area (Å²) in [5, 5.41) is 9.55. The molecule has 0 radical (unpaired) electrons. The highest BCUT2D eigenvalue weighted by molar-refractivity contribution is 9.11. The van der Waals surface area contributed by atoms with Gasteiger partial charge in [0.2, 0.25) is 0 Å². The van der Waals surface area contributed by atoms with E-state index < -0.39 is 0 Å². The van der Waals surface area contributed by atoms with Crippen LogP contribution in [0.2, 0.25) is 0 Å². The molecule has 0 spiro atoms. The van der Waals surface area contributed by atoms with E-state index in [0.29, 0.717) is 12.2 Å². The number of ether oxygens (including phenoxy) is 1. The van der Waals surface area contributed by atoms with Crippen molar-refractivity contribution in [2.24, 2.45) is 0 Å². The number of benzene rings is 2. The third kappa shape index (κ3) is 3.85. The van der Waals surface area contributed by atoms with Crippen LogP contribution >= 0.6 is 47.8 Å². The number of hydrogen-bond acceptors (Lipinski definition) is 2. The molecule has 0 amide bonds. The maximum atomic E-state index is 8.76. The normalized spacial score (nSPS) is 10.1. The molecular weight excluding hydrogens is 450 g/mol. The van der Waals surface area contributed by atoms with Gasteiger partial charge in [0, 0.05) is 5.33 Å². The molecule has 102 valence electrons. The fourth-order valence-electron chi connectivity index (χ4n) is 1.66. The van der Waals surface area contributed by atoms with Crippen LogP contribution in [0, 0.1) is 11.3 Å². The first-order valence-electron chi connectivity index (χ1n) is 5.79. The maximum Gasteiger partial charge on any atom is 0.148 e. The van der Waals surface area contributed by atoms with E-state index in [0.717, 1.165) is 31.2 Å². The van der Waals surface area contributed by atoms with E-state index in [1.165, 1.54) is 0 Å². The Morgan fingerprint density at radius 1 is 1.00 bits per heavy atom. The van der Waals surface area contributed by atoms with Crippen LogP contribution in [0.25, 0.3) is 0 Å². The molecule has 0 aliphatic rings. The van der Waals surface area contributed by atoms with Gasteiger partial charge < -0.3 is 4.74 Å². The van der Waals surface area contributed by atoms with Crippen LogP contribution in [-0.4, -0.2) is 0 Å². The fraction of sp³-hybridized carbons (Fsp3) is 0.133. The van der Waals surface area contributed by atoms with Gasteiger partial charge in [0.1, 0.15) is 12.4 Å². The van der Waals surface area contributed by atoms with Gasteiger partial charge in [0.05, 0.1) is 20.6 Å². The Morgan fingerprint density at radius 3 is 2.10 bits per heavy atom. The minimum Gasteiger partial charge on any atom is -0.487 e. The van der Waals surface area contributed by atoms with Gasteiger partial charge in [-0.1, -0.05) is 28.1 Å². The monoisotopic (exact) mass is 457 g/mol. The van der Waals surface area contributed by atoms with Crippen LogP contribution in [0.3, 0.4) is 0 Å². The Balaban J connectivity index is 2.12.